The Hall–Kier alpha value is -1.95. The summed E-state index contributed by atoms with van der Waals surface area (Å²) in [5.74, 6) is 0.450. The van der Waals surface area contributed by atoms with Gasteiger partial charge in [0.1, 0.15) is 17.0 Å². The van der Waals surface area contributed by atoms with E-state index in [4.69, 9.17) is 5.73 Å². The molecule has 3 N–H and O–H groups in total. The Morgan fingerprint density at radius 3 is 3.06 bits per heavy atom. The second-order valence-corrected chi connectivity index (χ2v) is 4.58. The van der Waals surface area contributed by atoms with Crippen LogP contribution in [0.4, 0.5) is 5.82 Å². The Bertz CT molecular complexity index is 758. The summed E-state index contributed by atoms with van der Waals surface area (Å²) in [5, 5.41) is 0.953. The Morgan fingerprint density at radius 1 is 1.44 bits per heavy atom. The van der Waals surface area contributed by atoms with Crippen LogP contribution < -0.4 is 11.3 Å². The SMILES string of the molecule is Cc1cc(=O)[nH]c2sc3c(N)ncnc3c12. The fraction of sp³-hybridized carbons (Fsp3) is 0.100. The van der Waals surface area contributed by atoms with Crippen LogP contribution in [0.2, 0.25) is 0 Å². The highest BCUT2D eigenvalue weighted by Gasteiger charge is 2.12. The van der Waals surface area contributed by atoms with Gasteiger partial charge in [0.25, 0.3) is 0 Å². The van der Waals surface area contributed by atoms with Crippen LogP contribution in [-0.4, -0.2) is 15.0 Å². The molecule has 3 aromatic rings. The summed E-state index contributed by atoms with van der Waals surface area (Å²) >= 11 is 1.41. The van der Waals surface area contributed by atoms with Gasteiger partial charge < -0.3 is 10.7 Å². The average Bonchev–Trinajstić information content (AvgIpc) is 2.57. The Kier molecular flexibility index (Phi) is 1.75. The third-order valence-corrected chi connectivity index (χ3v) is 3.59. The van der Waals surface area contributed by atoms with Gasteiger partial charge >= 0.3 is 0 Å². The zero-order chi connectivity index (χ0) is 11.3. The number of aromatic amines is 1. The van der Waals surface area contributed by atoms with Crippen molar-refractivity contribution in [1.82, 2.24) is 15.0 Å². The maximum Gasteiger partial charge on any atom is 0.249 e. The number of nitrogens with zero attached hydrogens (tertiary/aromatic N) is 2. The van der Waals surface area contributed by atoms with E-state index in [2.05, 4.69) is 15.0 Å². The molecule has 0 saturated carbocycles. The predicted octanol–water partition coefficient (Wildman–Crippen LogP) is 1.42. The summed E-state index contributed by atoms with van der Waals surface area (Å²) in [5.41, 5.74) is 7.38. The molecule has 0 atom stereocenters. The van der Waals surface area contributed by atoms with E-state index in [1.54, 1.807) is 6.07 Å². The Labute approximate surface area is 94.0 Å². The van der Waals surface area contributed by atoms with E-state index in [0.29, 0.717) is 5.82 Å². The van der Waals surface area contributed by atoms with Gasteiger partial charge in [-0.15, -0.1) is 11.3 Å². The summed E-state index contributed by atoms with van der Waals surface area (Å²) in [7, 11) is 0. The van der Waals surface area contributed by atoms with E-state index in [1.807, 2.05) is 6.92 Å². The number of nitrogen functional groups attached to an aromatic ring is 1. The van der Waals surface area contributed by atoms with Gasteiger partial charge in [-0.2, -0.15) is 0 Å². The largest absolute Gasteiger partial charge is 0.382 e. The second kappa shape index (κ2) is 3.02. The number of anilines is 1. The predicted molar refractivity (Wildman–Crippen MR) is 64.7 cm³/mol. The minimum Gasteiger partial charge on any atom is -0.382 e. The Morgan fingerprint density at radius 2 is 2.25 bits per heavy atom. The van der Waals surface area contributed by atoms with Crippen molar-refractivity contribution in [3.05, 3.63) is 28.3 Å². The van der Waals surface area contributed by atoms with Crippen LogP contribution in [0.1, 0.15) is 5.56 Å². The number of rotatable bonds is 0. The number of aryl methyl sites for hydroxylation is 1. The molecule has 0 bridgehead atoms. The first-order valence-electron chi connectivity index (χ1n) is 4.69. The van der Waals surface area contributed by atoms with Crippen LogP contribution in [0.3, 0.4) is 0 Å². The fourth-order valence-corrected chi connectivity index (χ4v) is 2.92. The normalized spacial score (nSPS) is 11.3. The van der Waals surface area contributed by atoms with Gasteiger partial charge in [0, 0.05) is 11.5 Å². The molecular weight excluding hydrogens is 224 g/mol. The number of H-pyrrole nitrogens is 1. The number of aromatic nitrogens is 3. The molecule has 3 heterocycles. The van der Waals surface area contributed by atoms with Crippen LogP contribution in [0.5, 0.6) is 0 Å². The summed E-state index contributed by atoms with van der Waals surface area (Å²) in [4.78, 5) is 23.1. The van der Waals surface area contributed by atoms with Gasteiger partial charge in [0.15, 0.2) is 0 Å². The zero-order valence-electron chi connectivity index (χ0n) is 8.44. The molecule has 3 rings (SSSR count). The maximum absolute atomic E-state index is 11.3. The standard InChI is InChI=1S/C10H8N4OS/c1-4-2-5(15)14-10-6(4)7-8(16-10)9(11)13-3-12-7/h2-3H,1H3,(H,14,15)(H2,11,12,13). The highest BCUT2D eigenvalue weighted by Crippen LogP contribution is 2.34. The van der Waals surface area contributed by atoms with E-state index < -0.39 is 0 Å². The summed E-state index contributed by atoms with van der Waals surface area (Å²) in [6.45, 7) is 1.89. The smallest absolute Gasteiger partial charge is 0.249 e. The van der Waals surface area contributed by atoms with E-state index in [9.17, 15) is 4.79 Å². The lowest BCUT2D eigenvalue weighted by Crippen LogP contribution is -2.03. The van der Waals surface area contributed by atoms with Crippen LogP contribution in [-0.2, 0) is 0 Å². The first kappa shape index (κ1) is 9.29. The van der Waals surface area contributed by atoms with E-state index in [0.717, 1.165) is 26.0 Å². The van der Waals surface area contributed by atoms with E-state index in [-0.39, 0.29) is 5.56 Å². The number of hydrogen-bond donors (Lipinski definition) is 2. The summed E-state index contributed by atoms with van der Waals surface area (Å²) in [6, 6.07) is 1.56. The third-order valence-electron chi connectivity index (χ3n) is 2.48. The molecule has 0 fully saturated rings. The van der Waals surface area contributed by atoms with Crippen LogP contribution in [0.25, 0.3) is 20.4 Å². The van der Waals surface area contributed by atoms with Crippen molar-refractivity contribution in [2.45, 2.75) is 6.92 Å². The van der Waals surface area contributed by atoms with Gasteiger partial charge in [-0.1, -0.05) is 0 Å². The molecule has 80 valence electrons. The third kappa shape index (κ3) is 1.13. The molecule has 0 spiro atoms. The quantitative estimate of drug-likeness (QED) is 0.614. The van der Waals surface area contributed by atoms with Crippen molar-refractivity contribution in [2.24, 2.45) is 0 Å². The fourth-order valence-electron chi connectivity index (χ4n) is 1.80. The number of nitrogens with two attached hydrogens (primary N) is 1. The first-order valence-corrected chi connectivity index (χ1v) is 5.51. The molecule has 6 heteroatoms. The van der Waals surface area contributed by atoms with E-state index >= 15 is 0 Å². The molecular formula is C10H8N4OS. The number of pyridine rings is 1. The number of fused-ring (bicyclic) bond motifs is 3. The molecule has 0 amide bonds. The van der Waals surface area contributed by atoms with Crippen LogP contribution >= 0.6 is 11.3 Å². The molecule has 0 aliphatic carbocycles. The van der Waals surface area contributed by atoms with Gasteiger partial charge in [-0.05, 0) is 12.5 Å². The van der Waals surface area contributed by atoms with Crippen molar-refractivity contribution in [3.63, 3.8) is 0 Å². The monoisotopic (exact) mass is 232 g/mol. The summed E-state index contributed by atoms with van der Waals surface area (Å²) < 4.78 is 0.822. The van der Waals surface area contributed by atoms with Crippen molar-refractivity contribution in [3.8, 4) is 0 Å². The minimum atomic E-state index is -0.108. The number of nitrogens with one attached hydrogen (secondary N) is 1. The first-order chi connectivity index (χ1) is 7.66. The highest BCUT2D eigenvalue weighted by atomic mass is 32.1. The van der Waals surface area contributed by atoms with Gasteiger partial charge in [0.05, 0.1) is 10.2 Å². The van der Waals surface area contributed by atoms with Gasteiger partial charge in [-0.25, -0.2) is 9.97 Å². The van der Waals surface area contributed by atoms with Gasteiger partial charge in [0.2, 0.25) is 5.56 Å². The molecule has 0 aliphatic rings. The van der Waals surface area contributed by atoms with Crippen LogP contribution in [0, 0.1) is 6.92 Å². The average molecular weight is 232 g/mol. The highest BCUT2D eigenvalue weighted by molar-refractivity contribution is 7.25. The maximum atomic E-state index is 11.3. The van der Waals surface area contributed by atoms with Crippen molar-refractivity contribution >= 4 is 37.6 Å². The molecule has 5 nitrogen and oxygen atoms in total. The lowest BCUT2D eigenvalue weighted by atomic mass is 10.2. The molecule has 0 radical (unpaired) electrons. The molecule has 0 aliphatic heterocycles. The van der Waals surface area contributed by atoms with Gasteiger partial charge in [-0.3, -0.25) is 4.79 Å². The number of thiophene rings is 1. The topological polar surface area (TPSA) is 84.7 Å². The molecule has 3 aromatic heterocycles. The lowest BCUT2D eigenvalue weighted by molar-refractivity contribution is 1.24. The molecule has 0 unspecified atom stereocenters. The van der Waals surface area contributed by atoms with Crippen molar-refractivity contribution in [2.75, 3.05) is 5.73 Å². The zero-order valence-corrected chi connectivity index (χ0v) is 9.26. The number of hydrogen-bond acceptors (Lipinski definition) is 5. The van der Waals surface area contributed by atoms with Crippen molar-refractivity contribution in [1.29, 1.82) is 0 Å². The van der Waals surface area contributed by atoms with Crippen molar-refractivity contribution < 1.29 is 0 Å². The molecule has 0 aromatic carbocycles. The Balaban J connectivity index is 2.66. The molecule has 0 saturated heterocycles. The summed E-state index contributed by atoms with van der Waals surface area (Å²) in [6.07, 6.45) is 1.44. The minimum absolute atomic E-state index is 0.108. The lowest BCUT2D eigenvalue weighted by Gasteiger charge is -1.95. The molecule has 16 heavy (non-hydrogen) atoms. The van der Waals surface area contributed by atoms with E-state index in [1.165, 1.54) is 17.7 Å². The van der Waals surface area contributed by atoms with Crippen LogP contribution in [0.15, 0.2) is 17.2 Å². The second-order valence-electron chi connectivity index (χ2n) is 3.56.